The van der Waals surface area contributed by atoms with E-state index in [1.807, 2.05) is 6.07 Å². The van der Waals surface area contributed by atoms with Gasteiger partial charge in [0.05, 0.1) is 30.9 Å². The molecule has 7 nitrogen and oxygen atoms in total. The number of hydrogen-bond acceptors (Lipinski definition) is 5. The Morgan fingerprint density at radius 2 is 1.93 bits per heavy atom. The molecule has 0 atom stereocenters. The number of carbonyl (C=O) groups excluding carboxylic acids is 1. The van der Waals surface area contributed by atoms with Crippen LogP contribution in [0, 0.1) is 0 Å². The summed E-state index contributed by atoms with van der Waals surface area (Å²) in [6, 6.07) is 11.5. The minimum absolute atomic E-state index is 0.0746. The number of morpholine rings is 1. The fourth-order valence-electron chi connectivity index (χ4n) is 2.83. The molecule has 3 rings (SSSR count). The van der Waals surface area contributed by atoms with Gasteiger partial charge in [-0.15, -0.1) is 0 Å². The van der Waals surface area contributed by atoms with Gasteiger partial charge in [0.15, 0.2) is 0 Å². The molecule has 1 aliphatic rings. The summed E-state index contributed by atoms with van der Waals surface area (Å²) in [7, 11) is -2.25. The Kier molecular flexibility index (Phi) is 6.92. The maximum absolute atomic E-state index is 12.9. The van der Waals surface area contributed by atoms with Gasteiger partial charge in [-0.2, -0.15) is 4.31 Å². The Hall–Kier alpha value is -2.39. The molecule has 0 aliphatic carbocycles. The summed E-state index contributed by atoms with van der Waals surface area (Å²) < 4.78 is 37.6. The largest absolute Gasteiger partial charge is 0.495 e. The van der Waals surface area contributed by atoms with Crippen LogP contribution < -0.4 is 10.1 Å². The van der Waals surface area contributed by atoms with Gasteiger partial charge >= 0.3 is 0 Å². The highest BCUT2D eigenvalue weighted by atomic mass is 35.5. The van der Waals surface area contributed by atoms with Crippen molar-refractivity contribution in [3.05, 3.63) is 59.1 Å². The molecule has 2 aromatic carbocycles. The molecule has 2 aromatic rings. The number of nitrogens with one attached hydrogen (secondary N) is 1. The van der Waals surface area contributed by atoms with Crippen molar-refractivity contribution in [3.63, 3.8) is 0 Å². The summed E-state index contributed by atoms with van der Waals surface area (Å²) in [6.45, 7) is 1.28. The number of ether oxygens (including phenoxy) is 2. The number of halogens is 1. The van der Waals surface area contributed by atoms with Crippen LogP contribution in [0.4, 0.5) is 5.69 Å². The molecule has 1 heterocycles. The number of anilines is 1. The van der Waals surface area contributed by atoms with Gasteiger partial charge in [-0.05, 0) is 35.9 Å². The molecular formula is C20H21ClN2O5S. The Morgan fingerprint density at radius 1 is 1.21 bits per heavy atom. The molecule has 1 saturated heterocycles. The van der Waals surface area contributed by atoms with Gasteiger partial charge in [0, 0.05) is 24.2 Å². The predicted octanol–water partition coefficient (Wildman–Crippen LogP) is 3.02. The van der Waals surface area contributed by atoms with Crippen molar-refractivity contribution in [2.24, 2.45) is 0 Å². The summed E-state index contributed by atoms with van der Waals surface area (Å²) in [5, 5.41) is 3.19. The Balaban J connectivity index is 1.82. The summed E-state index contributed by atoms with van der Waals surface area (Å²) in [4.78, 5) is 12.4. The molecule has 0 saturated carbocycles. The molecule has 1 N–H and O–H groups in total. The van der Waals surface area contributed by atoms with Gasteiger partial charge in [-0.1, -0.05) is 29.8 Å². The average Bonchev–Trinajstić information content (AvgIpc) is 2.73. The van der Waals surface area contributed by atoms with Gasteiger partial charge in [0.25, 0.3) is 0 Å². The molecule has 0 radical (unpaired) electrons. The number of amides is 1. The first-order valence-electron chi connectivity index (χ1n) is 8.91. The zero-order valence-electron chi connectivity index (χ0n) is 15.8. The standard InChI is InChI=1S/C20H21ClN2O5S/c1-27-19-8-7-16(29(25,26)23-10-12-28-13-11-23)14-18(19)22-20(24)9-6-15-4-2-3-5-17(15)21/h2-9,14H,10-13H2,1H3,(H,22,24). The summed E-state index contributed by atoms with van der Waals surface area (Å²) in [5.41, 5.74) is 0.954. The van der Waals surface area contributed by atoms with E-state index in [0.717, 1.165) is 0 Å². The van der Waals surface area contributed by atoms with E-state index in [-0.39, 0.29) is 23.7 Å². The predicted molar refractivity (Wildman–Crippen MR) is 112 cm³/mol. The second-order valence-corrected chi connectivity index (χ2v) is 8.57. The van der Waals surface area contributed by atoms with Crippen molar-refractivity contribution in [1.82, 2.24) is 4.31 Å². The van der Waals surface area contributed by atoms with Gasteiger partial charge in [0.2, 0.25) is 15.9 Å². The molecule has 1 aliphatic heterocycles. The number of sulfonamides is 1. The van der Waals surface area contributed by atoms with Crippen LogP contribution in [0.2, 0.25) is 5.02 Å². The maximum Gasteiger partial charge on any atom is 0.248 e. The molecule has 0 bridgehead atoms. The number of carbonyl (C=O) groups is 1. The van der Waals surface area contributed by atoms with Crippen molar-refractivity contribution < 1.29 is 22.7 Å². The highest BCUT2D eigenvalue weighted by Gasteiger charge is 2.27. The fraction of sp³-hybridized carbons (Fsp3) is 0.250. The van der Waals surface area contributed by atoms with Crippen molar-refractivity contribution >= 4 is 39.3 Å². The van der Waals surface area contributed by atoms with Crippen LogP contribution in [-0.2, 0) is 19.6 Å². The van der Waals surface area contributed by atoms with E-state index in [2.05, 4.69) is 5.32 Å². The first kappa shape index (κ1) is 21.3. The molecule has 0 unspecified atom stereocenters. The fourth-order valence-corrected chi connectivity index (χ4v) is 4.46. The maximum atomic E-state index is 12.9. The SMILES string of the molecule is COc1ccc(S(=O)(=O)N2CCOCC2)cc1NC(=O)C=Cc1ccccc1Cl. The third kappa shape index (κ3) is 5.16. The zero-order valence-corrected chi connectivity index (χ0v) is 17.4. The van der Waals surface area contributed by atoms with E-state index < -0.39 is 15.9 Å². The second-order valence-electron chi connectivity index (χ2n) is 6.22. The second kappa shape index (κ2) is 9.41. The number of rotatable bonds is 6. The lowest BCUT2D eigenvalue weighted by molar-refractivity contribution is -0.111. The van der Waals surface area contributed by atoms with Crippen LogP contribution in [-0.4, -0.2) is 52.0 Å². The first-order valence-corrected chi connectivity index (χ1v) is 10.7. The van der Waals surface area contributed by atoms with Crippen molar-refractivity contribution in [2.75, 3.05) is 38.7 Å². The van der Waals surface area contributed by atoms with Crippen LogP contribution in [0.1, 0.15) is 5.56 Å². The highest BCUT2D eigenvalue weighted by molar-refractivity contribution is 7.89. The van der Waals surface area contributed by atoms with Gasteiger partial charge in [-0.25, -0.2) is 8.42 Å². The molecule has 0 aromatic heterocycles. The third-order valence-electron chi connectivity index (χ3n) is 4.36. The molecule has 154 valence electrons. The van der Waals surface area contributed by atoms with Gasteiger partial charge < -0.3 is 14.8 Å². The number of hydrogen-bond donors (Lipinski definition) is 1. The van der Waals surface area contributed by atoms with Crippen LogP contribution in [0.3, 0.4) is 0 Å². The molecule has 9 heteroatoms. The van der Waals surface area contributed by atoms with Crippen LogP contribution in [0.25, 0.3) is 6.08 Å². The normalized spacial score (nSPS) is 15.4. The number of methoxy groups -OCH3 is 1. The van der Waals surface area contributed by atoms with E-state index in [0.29, 0.717) is 29.5 Å². The minimum atomic E-state index is -3.70. The monoisotopic (exact) mass is 436 g/mol. The van der Waals surface area contributed by atoms with E-state index in [4.69, 9.17) is 21.1 Å². The van der Waals surface area contributed by atoms with Gasteiger partial charge in [0.1, 0.15) is 5.75 Å². The number of nitrogens with zero attached hydrogens (tertiary/aromatic N) is 1. The number of benzene rings is 2. The topological polar surface area (TPSA) is 84.9 Å². The third-order valence-corrected chi connectivity index (χ3v) is 6.59. The lowest BCUT2D eigenvalue weighted by Gasteiger charge is -2.26. The smallest absolute Gasteiger partial charge is 0.248 e. The average molecular weight is 437 g/mol. The van der Waals surface area contributed by atoms with Crippen LogP contribution in [0.5, 0.6) is 5.75 Å². The lowest BCUT2D eigenvalue weighted by Crippen LogP contribution is -2.40. The van der Waals surface area contributed by atoms with E-state index in [1.54, 1.807) is 24.3 Å². The van der Waals surface area contributed by atoms with Crippen molar-refractivity contribution in [1.29, 1.82) is 0 Å². The Bertz CT molecular complexity index is 1020. The van der Waals surface area contributed by atoms with Gasteiger partial charge in [-0.3, -0.25) is 4.79 Å². The van der Waals surface area contributed by atoms with Crippen molar-refractivity contribution in [2.45, 2.75) is 4.90 Å². The van der Waals surface area contributed by atoms with E-state index >= 15 is 0 Å². The van der Waals surface area contributed by atoms with E-state index in [9.17, 15) is 13.2 Å². The summed E-state index contributed by atoms with van der Waals surface area (Å²) >= 11 is 6.08. The molecule has 29 heavy (non-hydrogen) atoms. The summed E-state index contributed by atoms with van der Waals surface area (Å²) in [5.74, 6) is -0.0884. The van der Waals surface area contributed by atoms with Crippen LogP contribution in [0.15, 0.2) is 53.4 Å². The molecule has 1 fully saturated rings. The molecule has 0 spiro atoms. The summed E-state index contributed by atoms with van der Waals surface area (Å²) in [6.07, 6.45) is 2.91. The highest BCUT2D eigenvalue weighted by Crippen LogP contribution is 2.29. The zero-order chi connectivity index (χ0) is 20.9. The van der Waals surface area contributed by atoms with Crippen LogP contribution >= 0.6 is 11.6 Å². The molecular weight excluding hydrogens is 416 g/mol. The van der Waals surface area contributed by atoms with Crippen molar-refractivity contribution in [3.8, 4) is 5.75 Å². The van der Waals surface area contributed by atoms with E-state index in [1.165, 1.54) is 35.7 Å². The Morgan fingerprint density at radius 3 is 2.62 bits per heavy atom. The lowest BCUT2D eigenvalue weighted by atomic mass is 10.2. The first-order chi connectivity index (χ1) is 13.9. The quantitative estimate of drug-likeness (QED) is 0.703. The minimum Gasteiger partial charge on any atom is -0.495 e. The Labute approximate surface area is 174 Å². The molecule has 1 amide bonds.